The lowest BCUT2D eigenvalue weighted by atomic mass is 10.1. The van der Waals surface area contributed by atoms with E-state index >= 15 is 0 Å². The molecule has 0 aliphatic rings. The van der Waals surface area contributed by atoms with Crippen LogP contribution in [0.1, 0.15) is 16.0 Å². The molecule has 2 aromatic rings. The summed E-state index contributed by atoms with van der Waals surface area (Å²) < 4.78 is 5.06. The molecule has 0 aliphatic carbocycles. The van der Waals surface area contributed by atoms with E-state index in [4.69, 9.17) is 4.74 Å². The van der Waals surface area contributed by atoms with Crippen LogP contribution in [0.15, 0.2) is 41.8 Å². The van der Waals surface area contributed by atoms with E-state index in [0.717, 1.165) is 21.7 Å². The number of carbonyl (C=O) groups is 2. The Balaban J connectivity index is 2.02. The van der Waals surface area contributed by atoms with Crippen molar-refractivity contribution in [2.75, 3.05) is 32.1 Å². The number of hydrogen-bond acceptors (Lipinski definition) is 4. The minimum Gasteiger partial charge on any atom is -0.383 e. The number of nitrogens with zero attached hydrogens (tertiary/aromatic N) is 1. The van der Waals surface area contributed by atoms with Crippen molar-refractivity contribution in [2.24, 2.45) is 0 Å². The van der Waals surface area contributed by atoms with E-state index < -0.39 is 0 Å². The number of thiophene rings is 1. The molecule has 1 N–H and O–H groups in total. The number of methoxy groups -OCH3 is 1. The number of hydrogen-bond donors (Lipinski definition) is 1. The maximum Gasteiger partial charge on any atom is 0.247 e. The summed E-state index contributed by atoms with van der Waals surface area (Å²) in [4.78, 5) is 27.4. The van der Waals surface area contributed by atoms with E-state index in [0.29, 0.717) is 13.2 Å². The molecule has 5 nitrogen and oxygen atoms in total. The van der Waals surface area contributed by atoms with Crippen LogP contribution in [0.4, 0.5) is 5.69 Å². The Morgan fingerprint density at radius 2 is 2.04 bits per heavy atom. The van der Waals surface area contributed by atoms with Crippen LogP contribution < -0.4 is 5.32 Å². The Labute approximate surface area is 158 Å². The molecule has 0 atom stereocenters. The van der Waals surface area contributed by atoms with E-state index in [-0.39, 0.29) is 18.4 Å². The van der Waals surface area contributed by atoms with Gasteiger partial charge < -0.3 is 15.0 Å². The molecule has 138 valence electrons. The molecule has 2 rings (SSSR count). The van der Waals surface area contributed by atoms with Crippen LogP contribution >= 0.6 is 11.3 Å². The summed E-state index contributed by atoms with van der Waals surface area (Å²) in [5, 5.41) is 4.84. The van der Waals surface area contributed by atoms with E-state index in [9.17, 15) is 9.59 Å². The van der Waals surface area contributed by atoms with Crippen LogP contribution in [0.2, 0.25) is 0 Å². The van der Waals surface area contributed by atoms with Crippen LogP contribution in [0.5, 0.6) is 0 Å². The van der Waals surface area contributed by atoms with E-state index in [1.807, 2.05) is 49.6 Å². The normalized spacial score (nSPS) is 10.9. The molecular weight excluding hydrogens is 348 g/mol. The lowest BCUT2D eigenvalue weighted by Crippen LogP contribution is -2.39. The van der Waals surface area contributed by atoms with E-state index in [1.165, 1.54) is 11.0 Å². The van der Waals surface area contributed by atoms with Crippen molar-refractivity contribution in [1.82, 2.24) is 4.90 Å². The zero-order chi connectivity index (χ0) is 18.9. The van der Waals surface area contributed by atoms with Gasteiger partial charge in [-0.15, -0.1) is 11.3 Å². The molecule has 2 amide bonds. The number of benzene rings is 1. The molecule has 0 unspecified atom stereocenters. The summed E-state index contributed by atoms with van der Waals surface area (Å²) in [6.45, 7) is 4.65. The number of carbonyl (C=O) groups excluding carboxylic acids is 2. The SMILES string of the molecule is COCCN(CC(=O)Nc1cccc(C)c1C)C(=O)C=Cc1cccs1. The summed E-state index contributed by atoms with van der Waals surface area (Å²) >= 11 is 1.55. The van der Waals surface area contributed by atoms with Crippen molar-refractivity contribution in [1.29, 1.82) is 0 Å². The van der Waals surface area contributed by atoms with Gasteiger partial charge in [0, 0.05) is 30.3 Å². The van der Waals surface area contributed by atoms with Crippen molar-refractivity contribution in [3.63, 3.8) is 0 Å². The molecule has 0 radical (unpaired) electrons. The standard InChI is InChI=1S/C20H24N2O3S/c1-15-6-4-8-18(16(15)2)21-19(23)14-22(11-12-25-3)20(24)10-9-17-7-5-13-26-17/h4-10,13H,11-12,14H2,1-3H3,(H,21,23). The number of anilines is 1. The lowest BCUT2D eigenvalue weighted by molar-refractivity contribution is -0.131. The average Bonchev–Trinajstić information content (AvgIpc) is 3.14. The Hall–Kier alpha value is -2.44. The van der Waals surface area contributed by atoms with Gasteiger partial charge in [-0.25, -0.2) is 0 Å². The molecule has 1 aromatic carbocycles. The van der Waals surface area contributed by atoms with Gasteiger partial charge in [-0.05, 0) is 48.6 Å². The molecule has 0 saturated carbocycles. The highest BCUT2D eigenvalue weighted by Gasteiger charge is 2.16. The summed E-state index contributed by atoms with van der Waals surface area (Å²) in [5.74, 6) is -0.445. The summed E-state index contributed by atoms with van der Waals surface area (Å²) in [7, 11) is 1.57. The third-order valence-electron chi connectivity index (χ3n) is 4.02. The van der Waals surface area contributed by atoms with E-state index in [2.05, 4.69) is 5.32 Å². The summed E-state index contributed by atoms with van der Waals surface area (Å²) in [6, 6.07) is 9.61. The molecule has 0 fully saturated rings. The Bertz CT molecular complexity index is 769. The molecule has 0 bridgehead atoms. The summed E-state index contributed by atoms with van der Waals surface area (Å²) in [6.07, 6.45) is 3.25. The highest BCUT2D eigenvalue weighted by atomic mass is 32.1. The van der Waals surface area contributed by atoms with E-state index in [1.54, 1.807) is 24.5 Å². The van der Waals surface area contributed by atoms with Gasteiger partial charge >= 0.3 is 0 Å². The minimum atomic E-state index is -0.229. The Kier molecular flexibility index (Phi) is 7.56. The van der Waals surface area contributed by atoms with Gasteiger partial charge in [-0.1, -0.05) is 18.2 Å². The van der Waals surface area contributed by atoms with Gasteiger partial charge in [0.1, 0.15) is 6.54 Å². The molecule has 0 saturated heterocycles. The van der Waals surface area contributed by atoms with Gasteiger partial charge in [0.15, 0.2) is 0 Å². The largest absolute Gasteiger partial charge is 0.383 e. The second kappa shape index (κ2) is 9.89. The number of aryl methyl sites for hydroxylation is 1. The predicted molar refractivity (Wildman–Crippen MR) is 106 cm³/mol. The predicted octanol–water partition coefficient (Wildman–Crippen LogP) is 3.49. The second-order valence-electron chi connectivity index (χ2n) is 5.90. The maximum absolute atomic E-state index is 12.5. The van der Waals surface area contributed by atoms with Crippen molar-refractivity contribution < 1.29 is 14.3 Å². The monoisotopic (exact) mass is 372 g/mol. The molecule has 1 heterocycles. The quantitative estimate of drug-likeness (QED) is 0.722. The van der Waals surface area contributed by atoms with Crippen molar-refractivity contribution in [3.8, 4) is 0 Å². The van der Waals surface area contributed by atoms with Crippen molar-refractivity contribution in [2.45, 2.75) is 13.8 Å². The van der Waals surface area contributed by atoms with Crippen molar-refractivity contribution in [3.05, 3.63) is 57.8 Å². The Morgan fingerprint density at radius 1 is 1.23 bits per heavy atom. The van der Waals surface area contributed by atoms with Crippen LogP contribution in [0.3, 0.4) is 0 Å². The highest BCUT2D eigenvalue weighted by molar-refractivity contribution is 7.10. The van der Waals surface area contributed by atoms with Gasteiger partial charge in [-0.3, -0.25) is 9.59 Å². The van der Waals surface area contributed by atoms with Crippen LogP contribution in [0, 0.1) is 13.8 Å². The van der Waals surface area contributed by atoms with Crippen LogP contribution in [-0.2, 0) is 14.3 Å². The average molecular weight is 372 g/mol. The first kappa shape index (κ1) is 19.9. The fourth-order valence-electron chi connectivity index (χ4n) is 2.36. The molecular formula is C20H24N2O3S. The summed E-state index contributed by atoms with van der Waals surface area (Å²) in [5.41, 5.74) is 2.89. The van der Waals surface area contributed by atoms with Gasteiger partial charge in [-0.2, -0.15) is 0 Å². The number of rotatable bonds is 8. The third-order valence-corrected chi connectivity index (χ3v) is 4.86. The zero-order valence-corrected chi connectivity index (χ0v) is 16.1. The zero-order valence-electron chi connectivity index (χ0n) is 15.3. The van der Waals surface area contributed by atoms with Gasteiger partial charge in [0.05, 0.1) is 6.61 Å². The van der Waals surface area contributed by atoms with Crippen molar-refractivity contribution >= 4 is 34.9 Å². The minimum absolute atomic E-state index is 0.0235. The molecule has 1 aromatic heterocycles. The van der Waals surface area contributed by atoms with Crippen LogP contribution in [0.25, 0.3) is 6.08 Å². The fraction of sp³-hybridized carbons (Fsp3) is 0.300. The smallest absolute Gasteiger partial charge is 0.247 e. The fourth-order valence-corrected chi connectivity index (χ4v) is 2.98. The first-order chi connectivity index (χ1) is 12.5. The highest BCUT2D eigenvalue weighted by Crippen LogP contribution is 2.18. The topological polar surface area (TPSA) is 58.6 Å². The Morgan fingerprint density at radius 3 is 2.73 bits per heavy atom. The molecule has 26 heavy (non-hydrogen) atoms. The number of nitrogens with one attached hydrogen (secondary N) is 1. The number of amides is 2. The lowest BCUT2D eigenvalue weighted by Gasteiger charge is -2.21. The van der Waals surface area contributed by atoms with Gasteiger partial charge in [0.25, 0.3) is 0 Å². The molecule has 0 spiro atoms. The van der Waals surface area contributed by atoms with Crippen LogP contribution in [-0.4, -0.2) is 43.5 Å². The first-order valence-corrected chi connectivity index (χ1v) is 9.24. The second-order valence-corrected chi connectivity index (χ2v) is 6.88. The van der Waals surface area contributed by atoms with Gasteiger partial charge in [0.2, 0.25) is 11.8 Å². The third kappa shape index (κ3) is 5.82. The number of ether oxygens (including phenoxy) is 1. The maximum atomic E-state index is 12.5. The molecule has 0 aliphatic heterocycles. The first-order valence-electron chi connectivity index (χ1n) is 8.36. The molecule has 6 heteroatoms.